The number of piperazine rings is 1. The molecule has 4 fully saturated rings. The molecule has 2 bridgehead atoms. The minimum atomic E-state index is 0.847. The van der Waals surface area contributed by atoms with Crippen LogP contribution < -0.4 is 0 Å². The van der Waals surface area contributed by atoms with Crippen LogP contribution in [0.1, 0.15) is 25.6 Å². The normalized spacial score (nSPS) is 32.5. The molecule has 0 spiro atoms. The molecule has 4 aliphatic heterocycles. The van der Waals surface area contributed by atoms with Crippen LogP contribution in [-0.2, 0) is 13.0 Å². The van der Waals surface area contributed by atoms with Crippen LogP contribution in [0.5, 0.6) is 0 Å². The van der Waals surface area contributed by atoms with Crippen molar-refractivity contribution in [2.75, 3.05) is 52.4 Å². The second-order valence-corrected chi connectivity index (χ2v) is 7.47. The van der Waals surface area contributed by atoms with Crippen LogP contribution in [0.4, 0.5) is 0 Å². The van der Waals surface area contributed by atoms with Crippen molar-refractivity contribution in [3.8, 4) is 0 Å². The lowest BCUT2D eigenvalue weighted by Crippen LogP contribution is -2.61. The van der Waals surface area contributed by atoms with E-state index in [1.54, 1.807) is 0 Å². The van der Waals surface area contributed by atoms with Crippen molar-refractivity contribution in [1.29, 1.82) is 0 Å². The standard InChI is InChI=1S/C18H31N5/c1-2-18-19-5-8-23(18)14-11-20-9-12-22(13-10-20)17-15-21-6-3-16(17)4-7-21/h5,8,16-17H,2-4,6-7,9-15H2,1H3. The first-order valence-electron chi connectivity index (χ1n) is 9.52. The fourth-order valence-electron chi connectivity index (χ4n) is 4.77. The lowest BCUT2D eigenvalue weighted by molar-refractivity contribution is -0.0155. The van der Waals surface area contributed by atoms with Crippen molar-refractivity contribution in [1.82, 2.24) is 24.3 Å². The van der Waals surface area contributed by atoms with E-state index in [2.05, 4.69) is 37.4 Å². The molecule has 5 rings (SSSR count). The van der Waals surface area contributed by atoms with Crippen LogP contribution in [0.15, 0.2) is 12.4 Å². The molecule has 0 amide bonds. The summed E-state index contributed by atoms with van der Waals surface area (Å²) in [5, 5.41) is 0. The molecule has 4 saturated heterocycles. The van der Waals surface area contributed by atoms with E-state index in [9.17, 15) is 0 Å². The quantitative estimate of drug-likeness (QED) is 0.814. The molecule has 0 N–H and O–H groups in total. The van der Waals surface area contributed by atoms with Crippen LogP contribution in [-0.4, -0.2) is 82.7 Å². The van der Waals surface area contributed by atoms with Crippen LogP contribution in [0.3, 0.4) is 0 Å². The van der Waals surface area contributed by atoms with E-state index >= 15 is 0 Å². The van der Waals surface area contributed by atoms with E-state index in [0.29, 0.717) is 0 Å². The molecule has 0 aromatic carbocycles. The third-order valence-electron chi connectivity index (χ3n) is 6.27. The number of rotatable bonds is 5. The molecule has 23 heavy (non-hydrogen) atoms. The zero-order chi connectivity index (χ0) is 15.6. The SMILES string of the molecule is CCc1nccn1CCN1CCN(C2CN3CCC2CC3)CC1. The third-order valence-corrected chi connectivity index (χ3v) is 6.27. The molecule has 0 aliphatic carbocycles. The van der Waals surface area contributed by atoms with E-state index in [4.69, 9.17) is 0 Å². The van der Waals surface area contributed by atoms with Gasteiger partial charge in [-0.2, -0.15) is 0 Å². The number of aryl methyl sites for hydroxylation is 1. The van der Waals surface area contributed by atoms with Gasteiger partial charge in [0.1, 0.15) is 5.82 Å². The van der Waals surface area contributed by atoms with Crippen LogP contribution in [0.25, 0.3) is 0 Å². The van der Waals surface area contributed by atoms with E-state index < -0.39 is 0 Å². The molecule has 1 atom stereocenters. The highest BCUT2D eigenvalue weighted by molar-refractivity contribution is 4.94. The maximum absolute atomic E-state index is 4.43. The first-order valence-corrected chi connectivity index (χ1v) is 9.52. The molecule has 1 unspecified atom stereocenters. The Hall–Kier alpha value is -0.910. The Morgan fingerprint density at radius 3 is 2.48 bits per heavy atom. The average Bonchev–Trinajstić information content (AvgIpc) is 3.09. The Labute approximate surface area is 140 Å². The summed E-state index contributed by atoms with van der Waals surface area (Å²) >= 11 is 0. The highest BCUT2D eigenvalue weighted by Gasteiger charge is 2.38. The largest absolute Gasteiger partial charge is 0.334 e. The summed E-state index contributed by atoms with van der Waals surface area (Å²) in [6, 6.07) is 0.847. The number of fused-ring (bicyclic) bond motifs is 3. The molecular formula is C18H31N5. The van der Waals surface area contributed by atoms with E-state index in [1.807, 2.05) is 6.20 Å². The fourth-order valence-corrected chi connectivity index (χ4v) is 4.77. The Morgan fingerprint density at radius 2 is 1.83 bits per heavy atom. The van der Waals surface area contributed by atoms with E-state index in [1.165, 1.54) is 64.5 Å². The molecule has 5 nitrogen and oxygen atoms in total. The first kappa shape index (κ1) is 15.6. The number of piperidine rings is 3. The maximum Gasteiger partial charge on any atom is 0.108 e. The van der Waals surface area contributed by atoms with Gasteiger partial charge in [-0.3, -0.25) is 9.80 Å². The zero-order valence-electron chi connectivity index (χ0n) is 14.5. The molecule has 1 aromatic heterocycles. The van der Waals surface area contributed by atoms with Crippen molar-refractivity contribution in [2.24, 2.45) is 5.92 Å². The highest BCUT2D eigenvalue weighted by atomic mass is 15.3. The topological polar surface area (TPSA) is 27.5 Å². The second-order valence-electron chi connectivity index (χ2n) is 7.47. The van der Waals surface area contributed by atoms with Gasteiger partial charge in [-0.15, -0.1) is 0 Å². The number of hydrogen-bond acceptors (Lipinski definition) is 4. The summed E-state index contributed by atoms with van der Waals surface area (Å²) in [5.74, 6) is 2.19. The first-order chi connectivity index (χ1) is 11.3. The Balaban J connectivity index is 1.25. The van der Waals surface area contributed by atoms with E-state index in [0.717, 1.165) is 31.5 Å². The van der Waals surface area contributed by atoms with Gasteiger partial charge in [0.15, 0.2) is 0 Å². The van der Waals surface area contributed by atoms with Gasteiger partial charge in [-0.1, -0.05) is 6.92 Å². The molecule has 1 aromatic rings. The summed E-state index contributed by atoms with van der Waals surface area (Å²) in [5.41, 5.74) is 0. The number of hydrogen-bond donors (Lipinski definition) is 0. The van der Waals surface area contributed by atoms with Crippen LogP contribution in [0.2, 0.25) is 0 Å². The second kappa shape index (κ2) is 6.91. The fraction of sp³-hybridized carbons (Fsp3) is 0.833. The van der Waals surface area contributed by atoms with Gasteiger partial charge in [0.25, 0.3) is 0 Å². The van der Waals surface area contributed by atoms with Gasteiger partial charge < -0.3 is 9.47 Å². The van der Waals surface area contributed by atoms with Gasteiger partial charge in [0.05, 0.1) is 0 Å². The molecule has 5 heterocycles. The van der Waals surface area contributed by atoms with Gasteiger partial charge in [0.2, 0.25) is 0 Å². The molecule has 4 aliphatic rings. The molecule has 5 heteroatoms. The smallest absolute Gasteiger partial charge is 0.108 e. The van der Waals surface area contributed by atoms with E-state index in [-0.39, 0.29) is 0 Å². The summed E-state index contributed by atoms with van der Waals surface area (Å²) in [6.45, 7) is 13.5. The lowest BCUT2D eigenvalue weighted by atomic mass is 9.83. The Kier molecular flexibility index (Phi) is 4.69. The number of aromatic nitrogens is 2. The Bertz CT molecular complexity index is 497. The van der Waals surface area contributed by atoms with Crippen molar-refractivity contribution >= 4 is 0 Å². The average molecular weight is 317 g/mol. The monoisotopic (exact) mass is 317 g/mol. The molecule has 128 valence electrons. The van der Waals surface area contributed by atoms with Gasteiger partial charge >= 0.3 is 0 Å². The number of imidazole rings is 1. The lowest BCUT2D eigenvalue weighted by Gasteiger charge is -2.51. The summed E-state index contributed by atoms with van der Waals surface area (Å²) in [6.07, 6.45) is 7.96. The van der Waals surface area contributed by atoms with Crippen molar-refractivity contribution in [3.63, 3.8) is 0 Å². The predicted molar refractivity (Wildman–Crippen MR) is 92.6 cm³/mol. The molecule has 0 radical (unpaired) electrons. The van der Waals surface area contributed by atoms with Gasteiger partial charge in [-0.05, 0) is 31.8 Å². The minimum Gasteiger partial charge on any atom is -0.334 e. The van der Waals surface area contributed by atoms with Crippen LogP contribution >= 0.6 is 0 Å². The zero-order valence-corrected chi connectivity index (χ0v) is 14.5. The maximum atomic E-state index is 4.43. The van der Waals surface area contributed by atoms with Gasteiger partial charge in [-0.25, -0.2) is 4.98 Å². The Morgan fingerprint density at radius 1 is 1.04 bits per heavy atom. The third kappa shape index (κ3) is 3.32. The highest BCUT2D eigenvalue weighted by Crippen LogP contribution is 2.31. The van der Waals surface area contributed by atoms with Crippen LogP contribution in [0, 0.1) is 5.92 Å². The summed E-state index contributed by atoms with van der Waals surface area (Å²) in [7, 11) is 0. The summed E-state index contributed by atoms with van der Waals surface area (Å²) in [4.78, 5) is 12.5. The molecular weight excluding hydrogens is 286 g/mol. The minimum absolute atomic E-state index is 0.847. The van der Waals surface area contributed by atoms with Gasteiger partial charge in [0, 0.05) is 70.7 Å². The van der Waals surface area contributed by atoms with Crippen molar-refractivity contribution in [3.05, 3.63) is 18.2 Å². The number of nitrogens with zero attached hydrogens (tertiary/aromatic N) is 5. The molecule has 0 saturated carbocycles. The van der Waals surface area contributed by atoms with Crippen molar-refractivity contribution < 1.29 is 0 Å². The summed E-state index contributed by atoms with van der Waals surface area (Å²) < 4.78 is 2.32. The predicted octanol–water partition coefficient (Wildman–Crippen LogP) is 1.16. The van der Waals surface area contributed by atoms with Crippen molar-refractivity contribution in [2.45, 2.75) is 38.8 Å².